The van der Waals surface area contributed by atoms with Crippen molar-refractivity contribution in [3.63, 3.8) is 0 Å². The van der Waals surface area contributed by atoms with Crippen LogP contribution in [0.2, 0.25) is 0 Å². The third-order valence-corrected chi connectivity index (χ3v) is 3.47. The summed E-state index contributed by atoms with van der Waals surface area (Å²) in [5.41, 5.74) is 1.88. The van der Waals surface area contributed by atoms with Crippen molar-refractivity contribution >= 4 is 17.7 Å². The molecule has 0 unspecified atom stereocenters. The Morgan fingerprint density at radius 1 is 1.15 bits per heavy atom. The minimum atomic E-state index is -2.92. The molecule has 132 valence electrons. The summed E-state index contributed by atoms with van der Waals surface area (Å²) in [6.45, 7) is -2.92. The zero-order valence-corrected chi connectivity index (χ0v) is 13.5. The molecule has 0 aliphatic rings. The number of para-hydroxylation sites is 1. The molecule has 26 heavy (non-hydrogen) atoms. The van der Waals surface area contributed by atoms with E-state index in [-0.39, 0.29) is 11.7 Å². The molecule has 0 fully saturated rings. The van der Waals surface area contributed by atoms with Crippen molar-refractivity contribution in [1.29, 1.82) is 0 Å². The smallest absolute Gasteiger partial charge is 0.387 e. The van der Waals surface area contributed by atoms with Gasteiger partial charge in [0.2, 0.25) is 5.91 Å². The molecule has 3 aromatic rings. The van der Waals surface area contributed by atoms with Crippen LogP contribution < -0.4 is 10.1 Å². The first-order chi connectivity index (χ1) is 12.6. The maximum absolute atomic E-state index is 12.4. The number of nitrogens with one attached hydrogen (secondary N) is 2. The van der Waals surface area contributed by atoms with Gasteiger partial charge in [0.05, 0.1) is 0 Å². The molecule has 0 aliphatic carbocycles. The highest BCUT2D eigenvalue weighted by molar-refractivity contribution is 6.02. The second kappa shape index (κ2) is 8.06. The molecule has 1 amide bonds. The highest BCUT2D eigenvalue weighted by Crippen LogP contribution is 2.22. The number of anilines is 1. The lowest BCUT2D eigenvalue weighted by Gasteiger charge is -2.07. The Morgan fingerprint density at radius 2 is 1.92 bits per heavy atom. The normalized spacial score (nSPS) is 11.0. The molecule has 0 aliphatic heterocycles. The number of benzene rings is 2. The number of nitrogens with zero attached hydrogens (tertiary/aromatic N) is 1. The van der Waals surface area contributed by atoms with Crippen molar-refractivity contribution < 1.29 is 18.3 Å². The Morgan fingerprint density at radius 3 is 2.62 bits per heavy atom. The van der Waals surface area contributed by atoms with E-state index in [9.17, 15) is 13.6 Å². The number of aromatic nitrogens is 2. The van der Waals surface area contributed by atoms with Crippen LogP contribution >= 0.6 is 0 Å². The van der Waals surface area contributed by atoms with E-state index in [1.165, 1.54) is 18.2 Å². The minimum Gasteiger partial charge on any atom is -0.434 e. The number of alkyl halides is 2. The number of hydrogen-bond acceptors (Lipinski definition) is 3. The van der Waals surface area contributed by atoms with Crippen molar-refractivity contribution in [1.82, 2.24) is 9.97 Å². The molecular weight excluding hydrogens is 340 g/mol. The first kappa shape index (κ1) is 17.3. The molecule has 0 radical (unpaired) electrons. The van der Waals surface area contributed by atoms with Crippen LogP contribution in [-0.2, 0) is 4.79 Å². The molecule has 1 aromatic heterocycles. The van der Waals surface area contributed by atoms with Crippen molar-refractivity contribution in [2.75, 3.05) is 5.32 Å². The van der Waals surface area contributed by atoms with Crippen LogP contribution in [0.5, 0.6) is 5.75 Å². The summed E-state index contributed by atoms with van der Waals surface area (Å²) in [5, 5.41) is 2.70. The average Bonchev–Trinajstić information content (AvgIpc) is 3.16. The lowest BCUT2D eigenvalue weighted by molar-refractivity contribution is -0.111. The number of rotatable bonds is 6. The fourth-order valence-corrected chi connectivity index (χ4v) is 2.31. The van der Waals surface area contributed by atoms with Gasteiger partial charge in [0.25, 0.3) is 0 Å². The fourth-order valence-electron chi connectivity index (χ4n) is 2.31. The highest BCUT2D eigenvalue weighted by Gasteiger charge is 2.07. The van der Waals surface area contributed by atoms with Gasteiger partial charge >= 0.3 is 6.61 Å². The Labute approximate surface area is 148 Å². The molecule has 0 bridgehead atoms. The van der Waals surface area contributed by atoms with E-state index in [0.717, 1.165) is 11.4 Å². The number of halogens is 2. The summed E-state index contributed by atoms with van der Waals surface area (Å²) in [4.78, 5) is 19.2. The highest BCUT2D eigenvalue weighted by atomic mass is 19.3. The number of imidazole rings is 1. The average molecular weight is 355 g/mol. The van der Waals surface area contributed by atoms with Gasteiger partial charge in [0.1, 0.15) is 11.6 Å². The van der Waals surface area contributed by atoms with Crippen molar-refractivity contribution in [2.45, 2.75) is 6.61 Å². The fraction of sp³-hybridized carbons (Fsp3) is 0.0526. The van der Waals surface area contributed by atoms with Crippen LogP contribution in [0, 0.1) is 0 Å². The number of ether oxygens (including phenoxy) is 1. The van der Waals surface area contributed by atoms with Gasteiger partial charge in [-0.3, -0.25) is 4.79 Å². The molecule has 2 N–H and O–H groups in total. The summed E-state index contributed by atoms with van der Waals surface area (Å²) >= 11 is 0. The molecule has 1 heterocycles. The number of aromatic amines is 1. The SMILES string of the molecule is O=C(/C=C/c1ccccc1OC(F)F)Nc1ccc(-c2ncc[nH]2)cc1. The molecule has 0 atom stereocenters. The number of H-pyrrole nitrogens is 1. The zero-order valence-electron chi connectivity index (χ0n) is 13.5. The topological polar surface area (TPSA) is 67.0 Å². The van der Waals surface area contributed by atoms with E-state index in [0.29, 0.717) is 11.3 Å². The predicted octanol–water partition coefficient (Wildman–Crippen LogP) is 4.33. The van der Waals surface area contributed by atoms with Crippen LogP contribution in [-0.4, -0.2) is 22.5 Å². The molecule has 3 rings (SSSR count). The molecule has 7 heteroatoms. The van der Waals surface area contributed by atoms with Gasteiger partial charge in [-0.2, -0.15) is 8.78 Å². The molecule has 0 saturated carbocycles. The quantitative estimate of drug-likeness (QED) is 0.647. The second-order valence-corrected chi connectivity index (χ2v) is 5.25. The van der Waals surface area contributed by atoms with E-state index in [1.54, 1.807) is 42.7 Å². The van der Waals surface area contributed by atoms with Crippen molar-refractivity contribution in [3.8, 4) is 17.1 Å². The largest absolute Gasteiger partial charge is 0.434 e. The van der Waals surface area contributed by atoms with E-state index in [4.69, 9.17) is 0 Å². The van der Waals surface area contributed by atoms with Crippen molar-refractivity contribution in [3.05, 3.63) is 72.6 Å². The molecule has 0 saturated heterocycles. The third-order valence-electron chi connectivity index (χ3n) is 3.47. The van der Waals surface area contributed by atoms with Crippen LogP contribution in [0.1, 0.15) is 5.56 Å². The summed E-state index contributed by atoms with van der Waals surface area (Å²) in [6.07, 6.45) is 6.06. The van der Waals surface area contributed by atoms with Crippen LogP contribution in [0.4, 0.5) is 14.5 Å². The number of carbonyl (C=O) groups excluding carboxylic acids is 1. The zero-order chi connectivity index (χ0) is 18.4. The second-order valence-electron chi connectivity index (χ2n) is 5.25. The maximum atomic E-state index is 12.4. The number of amides is 1. The number of carbonyl (C=O) groups is 1. The lowest BCUT2D eigenvalue weighted by atomic mass is 10.2. The van der Waals surface area contributed by atoms with Gasteiger partial charge in [-0.25, -0.2) is 4.98 Å². The minimum absolute atomic E-state index is 0.00866. The molecule has 2 aromatic carbocycles. The van der Waals surface area contributed by atoms with Crippen LogP contribution in [0.15, 0.2) is 67.0 Å². The summed E-state index contributed by atoms with van der Waals surface area (Å²) in [6, 6.07) is 13.4. The van der Waals surface area contributed by atoms with Gasteiger partial charge < -0.3 is 15.0 Å². The van der Waals surface area contributed by atoms with Gasteiger partial charge in [0, 0.05) is 35.3 Å². The lowest BCUT2D eigenvalue weighted by Crippen LogP contribution is -2.07. The summed E-state index contributed by atoms with van der Waals surface area (Å²) < 4.78 is 29.2. The van der Waals surface area contributed by atoms with Gasteiger partial charge in [-0.1, -0.05) is 18.2 Å². The van der Waals surface area contributed by atoms with E-state index in [1.807, 2.05) is 12.1 Å². The Balaban J connectivity index is 1.65. The Bertz CT molecular complexity index is 891. The maximum Gasteiger partial charge on any atom is 0.387 e. The van der Waals surface area contributed by atoms with Gasteiger partial charge in [-0.05, 0) is 36.4 Å². The first-order valence-electron chi connectivity index (χ1n) is 7.74. The molecule has 5 nitrogen and oxygen atoms in total. The van der Waals surface area contributed by atoms with Crippen LogP contribution in [0.25, 0.3) is 17.5 Å². The van der Waals surface area contributed by atoms with E-state index >= 15 is 0 Å². The standard InChI is InChI=1S/C19H15F2N3O2/c20-19(21)26-16-4-2-1-3-13(16)7-10-17(25)24-15-8-5-14(6-9-15)18-22-11-12-23-18/h1-12,19H,(H,22,23)(H,24,25)/b10-7+. The Kier molecular flexibility index (Phi) is 5.38. The Hall–Kier alpha value is -3.48. The molecular formula is C19H15F2N3O2. The summed E-state index contributed by atoms with van der Waals surface area (Å²) in [7, 11) is 0. The van der Waals surface area contributed by atoms with Gasteiger partial charge in [-0.15, -0.1) is 0 Å². The van der Waals surface area contributed by atoms with Gasteiger partial charge in [0.15, 0.2) is 0 Å². The van der Waals surface area contributed by atoms with E-state index in [2.05, 4.69) is 20.0 Å². The first-order valence-corrected chi connectivity index (χ1v) is 7.74. The predicted molar refractivity (Wildman–Crippen MR) is 94.8 cm³/mol. The monoisotopic (exact) mass is 355 g/mol. The van der Waals surface area contributed by atoms with Crippen molar-refractivity contribution in [2.24, 2.45) is 0 Å². The molecule has 0 spiro atoms. The summed E-state index contributed by atoms with van der Waals surface area (Å²) in [5.74, 6) is 0.357. The van der Waals surface area contributed by atoms with Crippen LogP contribution in [0.3, 0.4) is 0 Å². The number of hydrogen-bond donors (Lipinski definition) is 2. The third kappa shape index (κ3) is 4.54. The van der Waals surface area contributed by atoms with E-state index < -0.39 is 6.61 Å².